The van der Waals surface area contributed by atoms with Gasteiger partial charge in [0.2, 0.25) is 0 Å². The Hall–Kier alpha value is -1.36. The number of rotatable bonds is 2. The first-order valence-electron chi connectivity index (χ1n) is 5.10. The maximum Gasteiger partial charge on any atom is 0.124 e. The molecule has 2 nitrogen and oxygen atoms in total. The number of hydrogen-bond acceptors (Lipinski definition) is 4. The molecule has 0 fully saturated rings. The molecule has 3 aromatic rings. The van der Waals surface area contributed by atoms with Crippen molar-refractivity contribution < 1.29 is 5.11 Å². The first kappa shape index (κ1) is 13.1. The molecule has 0 aliphatic rings. The third kappa shape index (κ3) is 2.56. The minimum atomic E-state index is 0. The molecule has 3 rings (SSSR count). The van der Waals surface area contributed by atoms with Gasteiger partial charge >= 0.3 is 0 Å². The van der Waals surface area contributed by atoms with E-state index in [1.165, 1.54) is 5.56 Å². The van der Waals surface area contributed by atoms with Crippen molar-refractivity contribution in [3.8, 4) is 27.6 Å². The number of thiophene rings is 1. The molecule has 2 heterocycles. The SMILES string of the molecule is Cl.Oc1ccc(-c2csc(-c3ccsc3)n2)cc1. The maximum atomic E-state index is 9.24. The zero-order valence-corrected chi connectivity index (χ0v) is 11.7. The Morgan fingerprint density at radius 3 is 2.39 bits per heavy atom. The second-order valence-electron chi connectivity index (χ2n) is 3.60. The van der Waals surface area contributed by atoms with Gasteiger partial charge in [-0.2, -0.15) is 11.3 Å². The van der Waals surface area contributed by atoms with Gasteiger partial charge in [0.05, 0.1) is 5.69 Å². The van der Waals surface area contributed by atoms with E-state index in [2.05, 4.69) is 21.8 Å². The molecule has 0 aliphatic heterocycles. The van der Waals surface area contributed by atoms with Crippen molar-refractivity contribution in [2.75, 3.05) is 0 Å². The molecule has 1 aromatic carbocycles. The summed E-state index contributed by atoms with van der Waals surface area (Å²) in [5.41, 5.74) is 3.15. The van der Waals surface area contributed by atoms with Crippen molar-refractivity contribution in [2.45, 2.75) is 0 Å². The predicted molar refractivity (Wildman–Crippen MR) is 79.8 cm³/mol. The molecule has 18 heavy (non-hydrogen) atoms. The van der Waals surface area contributed by atoms with Crippen molar-refractivity contribution in [1.29, 1.82) is 0 Å². The van der Waals surface area contributed by atoms with Gasteiger partial charge in [-0.1, -0.05) is 0 Å². The Balaban J connectivity index is 0.00000120. The van der Waals surface area contributed by atoms with Crippen molar-refractivity contribution >= 4 is 35.1 Å². The lowest BCUT2D eigenvalue weighted by molar-refractivity contribution is 0.475. The minimum absolute atomic E-state index is 0. The van der Waals surface area contributed by atoms with E-state index < -0.39 is 0 Å². The molecule has 1 N–H and O–H groups in total. The molecule has 0 bridgehead atoms. The molecule has 0 aliphatic carbocycles. The lowest BCUT2D eigenvalue weighted by Crippen LogP contribution is -1.77. The first-order valence-corrected chi connectivity index (χ1v) is 6.93. The normalized spacial score (nSPS) is 10.0. The second kappa shape index (κ2) is 5.52. The Bertz CT molecular complexity index is 617. The zero-order valence-electron chi connectivity index (χ0n) is 9.24. The summed E-state index contributed by atoms with van der Waals surface area (Å²) in [5.74, 6) is 0.280. The largest absolute Gasteiger partial charge is 0.508 e. The highest BCUT2D eigenvalue weighted by Crippen LogP contribution is 2.30. The number of thiazole rings is 1. The Morgan fingerprint density at radius 1 is 0.944 bits per heavy atom. The van der Waals surface area contributed by atoms with E-state index in [4.69, 9.17) is 0 Å². The van der Waals surface area contributed by atoms with Crippen molar-refractivity contribution in [3.63, 3.8) is 0 Å². The van der Waals surface area contributed by atoms with Crippen LogP contribution in [0, 0.1) is 0 Å². The maximum absolute atomic E-state index is 9.24. The van der Waals surface area contributed by atoms with Crippen molar-refractivity contribution in [3.05, 3.63) is 46.5 Å². The first-order chi connectivity index (χ1) is 8.33. The van der Waals surface area contributed by atoms with Gasteiger partial charge in [0.15, 0.2) is 0 Å². The van der Waals surface area contributed by atoms with Gasteiger partial charge in [-0.25, -0.2) is 4.98 Å². The summed E-state index contributed by atoms with van der Waals surface area (Å²) < 4.78 is 0. The standard InChI is InChI=1S/C13H9NOS2.ClH/c15-11-3-1-9(2-4-11)12-8-17-13(14-12)10-5-6-16-7-10;/h1-8,15H;1H. The highest BCUT2D eigenvalue weighted by Gasteiger charge is 2.06. The van der Waals surface area contributed by atoms with Gasteiger partial charge in [0.25, 0.3) is 0 Å². The number of phenols is 1. The zero-order chi connectivity index (χ0) is 11.7. The number of halogens is 1. The fourth-order valence-electron chi connectivity index (χ4n) is 1.56. The van der Waals surface area contributed by atoms with Gasteiger partial charge in [-0.15, -0.1) is 23.7 Å². The number of benzene rings is 1. The Labute approximate surface area is 119 Å². The average Bonchev–Trinajstić information content (AvgIpc) is 3.00. The summed E-state index contributed by atoms with van der Waals surface area (Å²) in [6.07, 6.45) is 0. The van der Waals surface area contributed by atoms with E-state index in [9.17, 15) is 5.11 Å². The summed E-state index contributed by atoms with van der Waals surface area (Å²) in [4.78, 5) is 4.60. The van der Waals surface area contributed by atoms with E-state index in [0.717, 1.165) is 16.3 Å². The van der Waals surface area contributed by atoms with E-state index >= 15 is 0 Å². The van der Waals surface area contributed by atoms with Gasteiger partial charge in [0, 0.05) is 21.9 Å². The van der Waals surface area contributed by atoms with Crippen LogP contribution >= 0.6 is 35.1 Å². The molecule has 0 saturated carbocycles. The van der Waals surface area contributed by atoms with Crippen LogP contribution in [-0.4, -0.2) is 10.1 Å². The predicted octanol–water partition coefficient (Wildman–Crippen LogP) is 4.67. The van der Waals surface area contributed by atoms with Crippen LogP contribution in [0.4, 0.5) is 0 Å². The van der Waals surface area contributed by atoms with Crippen LogP contribution in [0.5, 0.6) is 5.75 Å². The average molecular weight is 296 g/mol. The molecule has 0 amide bonds. The molecule has 5 heteroatoms. The fourth-order valence-corrected chi connectivity index (χ4v) is 3.10. The molecule has 0 atom stereocenters. The lowest BCUT2D eigenvalue weighted by Gasteiger charge is -1.96. The minimum Gasteiger partial charge on any atom is -0.508 e. The summed E-state index contributed by atoms with van der Waals surface area (Å²) in [6, 6.07) is 9.19. The van der Waals surface area contributed by atoms with Crippen LogP contribution in [0.2, 0.25) is 0 Å². The third-order valence-electron chi connectivity index (χ3n) is 2.44. The molecule has 0 radical (unpaired) electrons. The third-order valence-corrected chi connectivity index (χ3v) is 4.01. The van der Waals surface area contributed by atoms with Gasteiger partial charge in [-0.3, -0.25) is 0 Å². The molecular formula is C13H10ClNOS2. The number of hydrogen-bond donors (Lipinski definition) is 1. The van der Waals surface area contributed by atoms with Crippen LogP contribution in [0.3, 0.4) is 0 Å². The van der Waals surface area contributed by atoms with Crippen LogP contribution < -0.4 is 0 Å². The van der Waals surface area contributed by atoms with Crippen LogP contribution in [0.15, 0.2) is 46.5 Å². The van der Waals surface area contributed by atoms with E-state index in [1.807, 2.05) is 17.5 Å². The van der Waals surface area contributed by atoms with E-state index in [1.54, 1.807) is 34.8 Å². The second-order valence-corrected chi connectivity index (χ2v) is 5.23. The van der Waals surface area contributed by atoms with E-state index in [0.29, 0.717) is 0 Å². The van der Waals surface area contributed by atoms with Crippen LogP contribution in [0.1, 0.15) is 0 Å². The van der Waals surface area contributed by atoms with Crippen molar-refractivity contribution in [2.24, 2.45) is 0 Å². The smallest absolute Gasteiger partial charge is 0.124 e. The fraction of sp³-hybridized carbons (Fsp3) is 0. The molecule has 2 aromatic heterocycles. The summed E-state index contributed by atoms with van der Waals surface area (Å²) in [6.45, 7) is 0. The number of aromatic hydroxyl groups is 1. The monoisotopic (exact) mass is 295 g/mol. The topological polar surface area (TPSA) is 33.1 Å². The molecule has 0 unspecified atom stereocenters. The van der Waals surface area contributed by atoms with Gasteiger partial charge in [-0.05, 0) is 35.7 Å². The highest BCUT2D eigenvalue weighted by molar-refractivity contribution is 7.14. The number of nitrogens with zero attached hydrogens (tertiary/aromatic N) is 1. The lowest BCUT2D eigenvalue weighted by atomic mass is 10.2. The molecular weight excluding hydrogens is 286 g/mol. The number of aromatic nitrogens is 1. The molecule has 0 spiro atoms. The van der Waals surface area contributed by atoms with E-state index in [-0.39, 0.29) is 18.2 Å². The summed E-state index contributed by atoms with van der Waals surface area (Å²) >= 11 is 3.31. The summed E-state index contributed by atoms with van der Waals surface area (Å²) in [7, 11) is 0. The Kier molecular flexibility index (Phi) is 4.01. The van der Waals surface area contributed by atoms with Gasteiger partial charge in [0.1, 0.15) is 10.8 Å². The van der Waals surface area contributed by atoms with Crippen LogP contribution in [0.25, 0.3) is 21.8 Å². The quantitative estimate of drug-likeness (QED) is 0.745. The van der Waals surface area contributed by atoms with Crippen molar-refractivity contribution in [1.82, 2.24) is 4.98 Å². The molecule has 0 saturated heterocycles. The molecule has 92 valence electrons. The highest BCUT2D eigenvalue weighted by atomic mass is 35.5. The van der Waals surface area contributed by atoms with Gasteiger partial charge < -0.3 is 5.11 Å². The van der Waals surface area contributed by atoms with Crippen LogP contribution in [-0.2, 0) is 0 Å². The Morgan fingerprint density at radius 2 is 1.72 bits per heavy atom. The number of phenolic OH excluding ortho intramolecular Hbond substituents is 1. The summed E-state index contributed by atoms with van der Waals surface area (Å²) in [5, 5.41) is 16.5.